The normalized spacial score (nSPS) is 14.7. The summed E-state index contributed by atoms with van der Waals surface area (Å²) >= 11 is 0. The molecule has 260 valence electrons. The van der Waals surface area contributed by atoms with Crippen LogP contribution < -0.4 is 0 Å². The molecule has 0 aromatic heterocycles. The lowest BCUT2D eigenvalue weighted by Gasteiger charge is -2.18. The minimum Gasteiger partial charge on any atom is -0.381 e. The van der Waals surface area contributed by atoms with Crippen molar-refractivity contribution in [2.75, 3.05) is 101 Å². The highest BCUT2D eigenvalue weighted by molar-refractivity contribution is 7.41. The molecule has 0 aromatic rings. The molecule has 0 heterocycles. The van der Waals surface area contributed by atoms with Crippen LogP contribution in [0.3, 0.4) is 0 Å². The van der Waals surface area contributed by atoms with Gasteiger partial charge in [-0.2, -0.15) is 0 Å². The molecule has 0 radical (unpaired) electrons. The van der Waals surface area contributed by atoms with Crippen molar-refractivity contribution in [1.29, 1.82) is 0 Å². The largest absolute Gasteiger partial charge is 0.381 e. The van der Waals surface area contributed by atoms with Gasteiger partial charge in [0.1, 0.15) is 0 Å². The average molecular weight is 647 g/mol. The van der Waals surface area contributed by atoms with Crippen LogP contribution in [0, 0.1) is 0 Å². The molecule has 0 fully saturated rings. The van der Waals surface area contributed by atoms with Crippen molar-refractivity contribution in [3.63, 3.8) is 0 Å². The molecule has 0 saturated heterocycles. The standard InChI is InChI=1S/C30H63O12P/c1-7-16-37-28(31-4)13-25-34-19-10-22-40-43(41-23-11-20-35-26-14-29(32-5)38-17-8-2)42-24-12-21-36-27-15-30(33-6)39-18-9-3/h28-30H,7-27H2,1-6H3. The van der Waals surface area contributed by atoms with Crippen LogP contribution >= 0.6 is 8.60 Å². The Bertz CT molecular complexity index is 466. The lowest BCUT2D eigenvalue weighted by atomic mass is 10.4. The average Bonchev–Trinajstić information content (AvgIpc) is 3.03. The highest BCUT2D eigenvalue weighted by atomic mass is 31.2. The Hall–Kier alpha value is -0.0500. The summed E-state index contributed by atoms with van der Waals surface area (Å²) in [5.41, 5.74) is 0. The first-order valence-electron chi connectivity index (χ1n) is 16.0. The summed E-state index contributed by atoms with van der Waals surface area (Å²) in [6, 6.07) is 0. The van der Waals surface area contributed by atoms with E-state index < -0.39 is 8.60 Å². The summed E-state index contributed by atoms with van der Waals surface area (Å²) in [6.07, 6.45) is 6.43. The fraction of sp³-hybridized carbons (Fsp3) is 1.00. The Balaban J connectivity index is 4.23. The third kappa shape index (κ3) is 29.1. The molecular formula is C30H63O12P. The Morgan fingerprint density at radius 3 is 0.953 bits per heavy atom. The Kier molecular flexibility index (Phi) is 34.8. The zero-order valence-corrected chi connectivity index (χ0v) is 28.8. The second-order valence-corrected chi connectivity index (χ2v) is 10.8. The second-order valence-electron chi connectivity index (χ2n) is 9.60. The summed E-state index contributed by atoms with van der Waals surface area (Å²) < 4.78 is 67.6. The van der Waals surface area contributed by atoms with Crippen LogP contribution in [0.15, 0.2) is 0 Å². The van der Waals surface area contributed by atoms with Crippen molar-refractivity contribution >= 4 is 8.60 Å². The molecule has 0 N–H and O–H groups in total. The van der Waals surface area contributed by atoms with Gasteiger partial charge < -0.3 is 56.2 Å². The lowest BCUT2D eigenvalue weighted by molar-refractivity contribution is -0.135. The predicted octanol–water partition coefficient (Wildman–Crippen LogP) is 5.85. The smallest absolute Gasteiger partial charge is 0.332 e. The summed E-state index contributed by atoms with van der Waals surface area (Å²) in [5.74, 6) is 0. The Morgan fingerprint density at radius 1 is 0.395 bits per heavy atom. The monoisotopic (exact) mass is 646 g/mol. The molecular weight excluding hydrogens is 583 g/mol. The molecule has 3 unspecified atom stereocenters. The molecule has 0 bridgehead atoms. The van der Waals surface area contributed by atoms with Crippen LogP contribution in [0.4, 0.5) is 0 Å². The predicted molar refractivity (Wildman–Crippen MR) is 166 cm³/mol. The maximum Gasteiger partial charge on any atom is 0.332 e. The minimum absolute atomic E-state index is 0.231. The van der Waals surface area contributed by atoms with Gasteiger partial charge in [-0.1, -0.05) is 20.8 Å². The van der Waals surface area contributed by atoms with Gasteiger partial charge in [0.25, 0.3) is 0 Å². The number of rotatable bonds is 36. The van der Waals surface area contributed by atoms with Gasteiger partial charge in [0.15, 0.2) is 18.9 Å². The van der Waals surface area contributed by atoms with E-state index in [0.29, 0.717) is 98.5 Å². The van der Waals surface area contributed by atoms with E-state index in [1.54, 1.807) is 21.3 Å². The van der Waals surface area contributed by atoms with Crippen LogP contribution in [-0.4, -0.2) is 119 Å². The zero-order valence-electron chi connectivity index (χ0n) is 27.9. The molecule has 0 aromatic carbocycles. The Labute approximate surface area is 262 Å². The SMILES string of the molecule is CCCOC(CCOCCCOP(OCCCOCCC(OC)OCCC)OCCCOCCC(OC)OCCC)OC. The molecule has 12 nitrogen and oxygen atoms in total. The molecule has 0 spiro atoms. The van der Waals surface area contributed by atoms with Gasteiger partial charge in [-0.05, 0) is 38.5 Å². The summed E-state index contributed by atoms with van der Waals surface area (Å²) in [7, 11) is 3.46. The zero-order chi connectivity index (χ0) is 31.6. The van der Waals surface area contributed by atoms with E-state index in [9.17, 15) is 0 Å². The summed E-state index contributed by atoms with van der Waals surface area (Å²) in [5, 5.41) is 0. The molecule has 0 aliphatic carbocycles. The molecule has 3 atom stereocenters. The highest BCUT2D eigenvalue weighted by Gasteiger charge is 2.14. The van der Waals surface area contributed by atoms with Crippen LogP contribution in [0.1, 0.15) is 78.6 Å². The van der Waals surface area contributed by atoms with Gasteiger partial charge in [-0.25, -0.2) is 0 Å². The van der Waals surface area contributed by atoms with Gasteiger partial charge >= 0.3 is 8.60 Å². The van der Waals surface area contributed by atoms with Crippen molar-refractivity contribution in [3.8, 4) is 0 Å². The second kappa shape index (κ2) is 34.8. The van der Waals surface area contributed by atoms with Crippen LogP contribution in [0.25, 0.3) is 0 Å². The van der Waals surface area contributed by atoms with Crippen molar-refractivity contribution in [2.45, 2.75) is 97.4 Å². The van der Waals surface area contributed by atoms with E-state index in [1.807, 2.05) is 0 Å². The number of hydrogen-bond donors (Lipinski definition) is 0. The van der Waals surface area contributed by atoms with Crippen molar-refractivity contribution in [2.24, 2.45) is 0 Å². The van der Waals surface area contributed by atoms with Crippen molar-refractivity contribution in [1.82, 2.24) is 0 Å². The number of hydrogen-bond acceptors (Lipinski definition) is 12. The van der Waals surface area contributed by atoms with Crippen LogP contribution in [0.5, 0.6) is 0 Å². The third-order valence-corrected chi connectivity index (χ3v) is 6.88. The van der Waals surface area contributed by atoms with Crippen molar-refractivity contribution < 1.29 is 56.2 Å². The molecule has 13 heteroatoms. The first-order chi connectivity index (χ1) is 21.1. The number of ether oxygens (including phenoxy) is 9. The maximum atomic E-state index is 5.91. The van der Waals surface area contributed by atoms with Gasteiger partial charge in [0, 0.05) is 80.2 Å². The first-order valence-corrected chi connectivity index (χ1v) is 17.1. The number of methoxy groups -OCH3 is 3. The van der Waals surface area contributed by atoms with Crippen LogP contribution in [-0.2, 0) is 56.2 Å². The van der Waals surface area contributed by atoms with E-state index in [0.717, 1.165) is 38.5 Å². The quantitative estimate of drug-likeness (QED) is 0.0463. The summed E-state index contributed by atoms with van der Waals surface area (Å²) in [6.45, 7) is 13.1. The van der Waals surface area contributed by atoms with Gasteiger partial charge in [-0.15, -0.1) is 0 Å². The third-order valence-electron chi connectivity index (χ3n) is 5.70. The van der Waals surface area contributed by atoms with E-state index in [2.05, 4.69) is 20.8 Å². The van der Waals surface area contributed by atoms with E-state index in [4.69, 9.17) is 56.2 Å². The van der Waals surface area contributed by atoms with Gasteiger partial charge in [-0.3, -0.25) is 0 Å². The highest BCUT2D eigenvalue weighted by Crippen LogP contribution is 2.40. The molecule has 43 heavy (non-hydrogen) atoms. The van der Waals surface area contributed by atoms with E-state index in [-0.39, 0.29) is 18.9 Å². The van der Waals surface area contributed by atoms with Crippen LogP contribution in [0.2, 0.25) is 0 Å². The van der Waals surface area contributed by atoms with Crippen molar-refractivity contribution in [3.05, 3.63) is 0 Å². The van der Waals surface area contributed by atoms with Gasteiger partial charge in [0.05, 0.1) is 39.6 Å². The lowest BCUT2D eigenvalue weighted by Crippen LogP contribution is -2.18. The molecule has 0 aliphatic heterocycles. The Morgan fingerprint density at radius 2 is 0.698 bits per heavy atom. The topological polar surface area (TPSA) is 111 Å². The fourth-order valence-electron chi connectivity index (χ4n) is 3.41. The molecule has 0 amide bonds. The first kappa shape index (κ1) is 43.0. The van der Waals surface area contributed by atoms with E-state index in [1.165, 1.54) is 0 Å². The molecule has 0 aliphatic rings. The molecule has 0 saturated carbocycles. The summed E-state index contributed by atoms with van der Waals surface area (Å²) in [4.78, 5) is 0. The minimum atomic E-state index is -1.48. The van der Waals surface area contributed by atoms with Gasteiger partial charge in [0.2, 0.25) is 0 Å². The van der Waals surface area contributed by atoms with E-state index >= 15 is 0 Å². The maximum absolute atomic E-state index is 5.91. The molecule has 0 rings (SSSR count). The fourth-order valence-corrected chi connectivity index (χ4v) is 4.47.